The summed E-state index contributed by atoms with van der Waals surface area (Å²) in [5.41, 5.74) is 0. The molecule has 1 fully saturated rings. The van der Waals surface area contributed by atoms with Crippen LogP contribution in [0.5, 0.6) is 0 Å². The Morgan fingerprint density at radius 2 is 2.38 bits per heavy atom. The summed E-state index contributed by atoms with van der Waals surface area (Å²) in [6.45, 7) is 7.90. The summed E-state index contributed by atoms with van der Waals surface area (Å²) >= 11 is 0. The number of nitrogens with zero attached hydrogens (tertiary/aromatic N) is 1. The number of morpholine rings is 1. The van der Waals surface area contributed by atoms with Crippen molar-refractivity contribution < 1.29 is 9.84 Å². The van der Waals surface area contributed by atoms with E-state index in [2.05, 4.69) is 11.8 Å². The third-order valence-electron chi connectivity index (χ3n) is 2.57. The highest BCUT2D eigenvalue weighted by molar-refractivity contribution is 4.70. The Hall–Kier alpha value is -0.120. The standard InChI is InChI=1S/C10H21NO2/c1-9-8-13-7-6-11(9)5-3-4-10(2)12/h9-10,12H,3-8H2,1-2H3. The molecule has 1 heterocycles. The normalized spacial score (nSPS) is 27.5. The number of hydrogen-bond donors (Lipinski definition) is 1. The minimum absolute atomic E-state index is 0.156. The molecule has 2 unspecified atom stereocenters. The first-order chi connectivity index (χ1) is 6.20. The molecule has 78 valence electrons. The second kappa shape index (κ2) is 5.58. The van der Waals surface area contributed by atoms with Gasteiger partial charge in [0.25, 0.3) is 0 Å². The number of hydrogen-bond acceptors (Lipinski definition) is 3. The van der Waals surface area contributed by atoms with Crippen LogP contribution in [0.1, 0.15) is 26.7 Å². The Morgan fingerprint density at radius 1 is 1.62 bits per heavy atom. The number of rotatable bonds is 4. The fourth-order valence-electron chi connectivity index (χ4n) is 1.68. The van der Waals surface area contributed by atoms with Gasteiger partial charge in [0.1, 0.15) is 0 Å². The largest absolute Gasteiger partial charge is 0.393 e. The van der Waals surface area contributed by atoms with Gasteiger partial charge >= 0.3 is 0 Å². The van der Waals surface area contributed by atoms with Gasteiger partial charge in [0.15, 0.2) is 0 Å². The molecule has 0 aromatic heterocycles. The first kappa shape index (κ1) is 11.0. The Labute approximate surface area is 80.7 Å². The topological polar surface area (TPSA) is 32.7 Å². The highest BCUT2D eigenvalue weighted by Gasteiger charge is 2.17. The van der Waals surface area contributed by atoms with Crippen molar-refractivity contribution in [3.8, 4) is 0 Å². The summed E-state index contributed by atoms with van der Waals surface area (Å²) in [6, 6.07) is 0.544. The molecule has 0 amide bonds. The quantitative estimate of drug-likeness (QED) is 0.709. The van der Waals surface area contributed by atoms with E-state index >= 15 is 0 Å². The minimum Gasteiger partial charge on any atom is -0.393 e. The SMILES string of the molecule is CC(O)CCCN1CCOCC1C. The maximum absolute atomic E-state index is 9.10. The van der Waals surface area contributed by atoms with Gasteiger partial charge in [-0.25, -0.2) is 0 Å². The van der Waals surface area contributed by atoms with Gasteiger partial charge in [-0.05, 0) is 33.2 Å². The van der Waals surface area contributed by atoms with Crippen molar-refractivity contribution >= 4 is 0 Å². The zero-order valence-electron chi connectivity index (χ0n) is 8.70. The molecule has 0 bridgehead atoms. The van der Waals surface area contributed by atoms with Gasteiger partial charge in [-0.15, -0.1) is 0 Å². The Balaban J connectivity index is 2.11. The molecule has 0 aromatic rings. The van der Waals surface area contributed by atoms with Crippen LogP contribution in [-0.2, 0) is 4.74 Å². The van der Waals surface area contributed by atoms with Crippen LogP contribution in [-0.4, -0.2) is 48.5 Å². The average Bonchev–Trinajstić information content (AvgIpc) is 2.08. The third-order valence-corrected chi connectivity index (χ3v) is 2.57. The van der Waals surface area contributed by atoms with Crippen LogP contribution >= 0.6 is 0 Å². The van der Waals surface area contributed by atoms with Crippen molar-refractivity contribution in [2.24, 2.45) is 0 Å². The molecule has 3 heteroatoms. The third kappa shape index (κ3) is 4.07. The van der Waals surface area contributed by atoms with Crippen molar-refractivity contribution in [3.63, 3.8) is 0 Å². The van der Waals surface area contributed by atoms with Crippen LogP contribution in [0.15, 0.2) is 0 Å². The predicted octanol–water partition coefficient (Wildman–Crippen LogP) is 0.868. The van der Waals surface area contributed by atoms with Gasteiger partial charge in [0.05, 0.1) is 19.3 Å². The van der Waals surface area contributed by atoms with Gasteiger partial charge in [-0.2, -0.15) is 0 Å². The zero-order valence-corrected chi connectivity index (χ0v) is 8.70. The molecule has 1 N–H and O–H groups in total. The highest BCUT2D eigenvalue weighted by Crippen LogP contribution is 2.08. The molecule has 0 spiro atoms. The smallest absolute Gasteiger partial charge is 0.0619 e. The van der Waals surface area contributed by atoms with Crippen LogP contribution in [0.2, 0.25) is 0 Å². The van der Waals surface area contributed by atoms with Gasteiger partial charge in [0.2, 0.25) is 0 Å². The van der Waals surface area contributed by atoms with Gasteiger partial charge in [0, 0.05) is 12.6 Å². The summed E-state index contributed by atoms with van der Waals surface area (Å²) in [6.07, 6.45) is 1.84. The molecule has 2 atom stereocenters. The van der Waals surface area contributed by atoms with E-state index in [0.29, 0.717) is 6.04 Å². The number of aliphatic hydroxyl groups is 1. The van der Waals surface area contributed by atoms with Crippen LogP contribution in [0.3, 0.4) is 0 Å². The Kier molecular flexibility index (Phi) is 4.70. The molecule has 1 aliphatic rings. The molecule has 0 aliphatic carbocycles. The fraction of sp³-hybridized carbons (Fsp3) is 1.00. The van der Waals surface area contributed by atoms with Gasteiger partial charge < -0.3 is 9.84 Å². The van der Waals surface area contributed by atoms with Crippen LogP contribution < -0.4 is 0 Å². The Morgan fingerprint density at radius 3 is 3.00 bits per heavy atom. The first-order valence-corrected chi connectivity index (χ1v) is 5.20. The average molecular weight is 187 g/mol. The van der Waals surface area contributed by atoms with E-state index in [-0.39, 0.29) is 6.10 Å². The van der Waals surface area contributed by atoms with Crippen molar-refractivity contribution in [2.75, 3.05) is 26.3 Å². The van der Waals surface area contributed by atoms with Gasteiger partial charge in [-0.1, -0.05) is 0 Å². The van der Waals surface area contributed by atoms with Crippen LogP contribution in [0.4, 0.5) is 0 Å². The van der Waals surface area contributed by atoms with E-state index in [1.165, 1.54) is 0 Å². The molecule has 0 radical (unpaired) electrons. The number of ether oxygens (including phenoxy) is 1. The van der Waals surface area contributed by atoms with E-state index in [1.807, 2.05) is 6.92 Å². The predicted molar refractivity (Wildman–Crippen MR) is 52.8 cm³/mol. The second-order valence-electron chi connectivity index (χ2n) is 3.95. The van der Waals surface area contributed by atoms with Crippen molar-refractivity contribution in [1.29, 1.82) is 0 Å². The van der Waals surface area contributed by atoms with Crippen LogP contribution in [0.25, 0.3) is 0 Å². The van der Waals surface area contributed by atoms with Crippen LogP contribution in [0, 0.1) is 0 Å². The van der Waals surface area contributed by atoms with Gasteiger partial charge in [-0.3, -0.25) is 4.90 Å². The maximum atomic E-state index is 9.10. The minimum atomic E-state index is -0.156. The second-order valence-corrected chi connectivity index (χ2v) is 3.95. The molecule has 0 aromatic carbocycles. The molecular weight excluding hydrogens is 166 g/mol. The molecule has 1 saturated heterocycles. The highest BCUT2D eigenvalue weighted by atomic mass is 16.5. The summed E-state index contributed by atoms with van der Waals surface area (Å²) < 4.78 is 5.35. The molecule has 1 rings (SSSR count). The number of aliphatic hydroxyl groups excluding tert-OH is 1. The van der Waals surface area contributed by atoms with Crippen molar-refractivity contribution in [3.05, 3.63) is 0 Å². The lowest BCUT2D eigenvalue weighted by Crippen LogP contribution is -2.44. The van der Waals surface area contributed by atoms with E-state index in [0.717, 1.165) is 39.1 Å². The van der Waals surface area contributed by atoms with E-state index in [4.69, 9.17) is 9.84 Å². The molecule has 1 aliphatic heterocycles. The fourth-order valence-corrected chi connectivity index (χ4v) is 1.68. The molecular formula is C10H21NO2. The lowest BCUT2D eigenvalue weighted by atomic mass is 10.2. The lowest BCUT2D eigenvalue weighted by Gasteiger charge is -2.33. The van der Waals surface area contributed by atoms with E-state index in [9.17, 15) is 0 Å². The van der Waals surface area contributed by atoms with E-state index < -0.39 is 0 Å². The summed E-state index contributed by atoms with van der Waals surface area (Å²) in [5, 5.41) is 9.10. The maximum Gasteiger partial charge on any atom is 0.0619 e. The van der Waals surface area contributed by atoms with Crippen molar-refractivity contribution in [1.82, 2.24) is 4.90 Å². The summed E-state index contributed by atoms with van der Waals surface area (Å²) in [7, 11) is 0. The first-order valence-electron chi connectivity index (χ1n) is 5.20. The molecule has 0 saturated carbocycles. The lowest BCUT2D eigenvalue weighted by molar-refractivity contribution is -0.00206. The molecule has 3 nitrogen and oxygen atoms in total. The summed E-state index contributed by atoms with van der Waals surface area (Å²) in [5.74, 6) is 0. The van der Waals surface area contributed by atoms with Crippen molar-refractivity contribution in [2.45, 2.75) is 38.8 Å². The van der Waals surface area contributed by atoms with E-state index in [1.54, 1.807) is 0 Å². The monoisotopic (exact) mass is 187 g/mol. The zero-order chi connectivity index (χ0) is 9.68. The summed E-state index contributed by atoms with van der Waals surface area (Å²) in [4.78, 5) is 2.44. The Bertz CT molecular complexity index is 139. The molecule has 13 heavy (non-hydrogen) atoms.